The maximum Gasteiger partial charge on any atom is 0.329 e. The molecule has 3 heterocycles. The van der Waals surface area contributed by atoms with Gasteiger partial charge in [-0.2, -0.15) is 0 Å². The third kappa shape index (κ3) is 4.91. The highest BCUT2D eigenvalue weighted by Gasteiger charge is 2.54. The molecule has 3 aromatic carbocycles. The number of fused-ring (bicyclic) bond motifs is 3. The highest BCUT2D eigenvalue weighted by atomic mass is 32.1. The molecule has 3 atom stereocenters. The first kappa shape index (κ1) is 26.8. The van der Waals surface area contributed by atoms with Gasteiger partial charge in [-0.1, -0.05) is 54.6 Å². The predicted octanol–water partition coefficient (Wildman–Crippen LogP) is 6.40. The quantitative estimate of drug-likeness (QED) is 0.292. The van der Waals surface area contributed by atoms with Gasteiger partial charge in [-0.25, -0.2) is 14.4 Å². The fourth-order valence-corrected chi connectivity index (χ4v) is 7.19. The van der Waals surface area contributed by atoms with E-state index in [4.69, 9.17) is 0 Å². The lowest BCUT2D eigenvalue weighted by Crippen LogP contribution is -2.67. The fraction of sp³-hybridized carbons (Fsp3) is 0.281. The van der Waals surface area contributed by atoms with Crippen molar-refractivity contribution in [2.24, 2.45) is 0 Å². The Kier molecular flexibility index (Phi) is 7.36. The minimum atomic E-state index is -1.15. The first-order chi connectivity index (χ1) is 20.0. The van der Waals surface area contributed by atoms with Gasteiger partial charge in [0.05, 0.1) is 23.5 Å². The third-order valence-corrected chi connectivity index (χ3v) is 9.18. The molecule has 1 N–H and O–H groups in total. The van der Waals surface area contributed by atoms with Crippen molar-refractivity contribution < 1.29 is 19.5 Å². The molecule has 8 nitrogen and oxygen atoms in total. The first-order valence-corrected chi connectivity index (χ1v) is 14.8. The van der Waals surface area contributed by atoms with E-state index in [0.29, 0.717) is 37.3 Å². The first-order valence-electron chi connectivity index (χ1n) is 13.9. The number of urea groups is 2. The molecule has 0 saturated carbocycles. The number of rotatable bonds is 6. The molecule has 2 bridgehead atoms. The van der Waals surface area contributed by atoms with E-state index in [9.17, 15) is 19.5 Å². The number of nitrogens with zero attached hydrogens (tertiary/aromatic N) is 4. The van der Waals surface area contributed by atoms with Crippen LogP contribution in [0.1, 0.15) is 25.3 Å². The SMILES string of the molecule is CCN(Cc1csc2ccccc12)C(=O)N1[C@H]2CC[C@@H]1[C@@H](C(=O)O)N(C(=O)N(c1ccccc1)c1ccccc1)C2. The lowest BCUT2D eigenvalue weighted by Gasteiger charge is -2.47. The fourth-order valence-electron chi connectivity index (χ4n) is 6.23. The normalized spacial score (nSPS) is 19.8. The Balaban J connectivity index is 1.29. The molecule has 6 rings (SSSR count). The molecule has 41 heavy (non-hydrogen) atoms. The monoisotopic (exact) mass is 568 g/mol. The molecule has 9 heteroatoms. The largest absolute Gasteiger partial charge is 0.480 e. The van der Waals surface area contributed by atoms with Gasteiger partial charge >= 0.3 is 18.0 Å². The van der Waals surface area contributed by atoms with Crippen molar-refractivity contribution in [1.29, 1.82) is 0 Å². The maximum absolute atomic E-state index is 14.2. The highest BCUT2D eigenvalue weighted by Crippen LogP contribution is 2.38. The zero-order chi connectivity index (χ0) is 28.5. The van der Waals surface area contributed by atoms with Crippen LogP contribution in [-0.4, -0.2) is 69.1 Å². The van der Waals surface area contributed by atoms with Crippen molar-refractivity contribution in [3.8, 4) is 0 Å². The van der Waals surface area contributed by atoms with Gasteiger partial charge in [-0.3, -0.25) is 4.90 Å². The average molecular weight is 569 g/mol. The van der Waals surface area contributed by atoms with Crippen LogP contribution in [0.15, 0.2) is 90.3 Å². The Morgan fingerprint density at radius 2 is 1.51 bits per heavy atom. The summed E-state index contributed by atoms with van der Waals surface area (Å²) in [4.78, 5) is 47.6. The topological polar surface area (TPSA) is 84.4 Å². The summed E-state index contributed by atoms with van der Waals surface area (Å²) in [5.74, 6) is -1.10. The second kappa shape index (κ2) is 11.2. The van der Waals surface area contributed by atoms with Crippen LogP contribution in [0.25, 0.3) is 10.1 Å². The Labute approximate surface area is 243 Å². The number of carboxylic acid groups (broad SMARTS) is 1. The Hall–Kier alpha value is -4.37. The predicted molar refractivity (Wildman–Crippen MR) is 161 cm³/mol. The number of benzene rings is 3. The van der Waals surface area contributed by atoms with Gasteiger partial charge in [0, 0.05) is 24.3 Å². The smallest absolute Gasteiger partial charge is 0.329 e. The van der Waals surface area contributed by atoms with Crippen molar-refractivity contribution >= 4 is 50.8 Å². The van der Waals surface area contributed by atoms with Crippen LogP contribution >= 0.6 is 11.3 Å². The van der Waals surface area contributed by atoms with E-state index < -0.39 is 24.1 Å². The Morgan fingerprint density at radius 3 is 2.15 bits per heavy atom. The van der Waals surface area contributed by atoms with Gasteiger partial charge in [-0.15, -0.1) is 11.3 Å². The average Bonchev–Trinajstić information content (AvgIpc) is 3.55. The molecule has 2 aliphatic rings. The maximum atomic E-state index is 14.2. The molecule has 210 valence electrons. The van der Waals surface area contributed by atoms with Crippen LogP contribution in [0.5, 0.6) is 0 Å². The number of hydrogen-bond donors (Lipinski definition) is 1. The van der Waals surface area contributed by atoms with Crippen LogP contribution < -0.4 is 4.90 Å². The molecular weight excluding hydrogens is 536 g/mol. The molecule has 4 amide bonds. The van der Waals surface area contributed by atoms with E-state index in [-0.39, 0.29) is 18.6 Å². The molecule has 2 aliphatic heterocycles. The van der Waals surface area contributed by atoms with E-state index in [2.05, 4.69) is 17.5 Å². The van der Waals surface area contributed by atoms with Crippen molar-refractivity contribution in [2.75, 3.05) is 18.0 Å². The van der Waals surface area contributed by atoms with Crippen LogP contribution in [0.2, 0.25) is 0 Å². The summed E-state index contributed by atoms with van der Waals surface area (Å²) >= 11 is 1.66. The van der Waals surface area contributed by atoms with Gasteiger partial charge in [-0.05, 0) is 66.4 Å². The zero-order valence-electron chi connectivity index (χ0n) is 22.8. The summed E-state index contributed by atoms with van der Waals surface area (Å²) in [6.07, 6.45) is 1.19. The summed E-state index contributed by atoms with van der Waals surface area (Å²) in [6.45, 7) is 3.05. The number of carbonyl (C=O) groups excluding carboxylic acids is 2. The van der Waals surface area contributed by atoms with Gasteiger partial charge in [0.25, 0.3) is 0 Å². The van der Waals surface area contributed by atoms with Crippen LogP contribution in [0.4, 0.5) is 21.0 Å². The van der Waals surface area contributed by atoms with Crippen molar-refractivity contribution in [1.82, 2.24) is 14.7 Å². The standard InChI is InChI=1S/C32H32N4O4S/c1-2-33(19-22-21-41-28-16-10-9-15-26(22)28)31(39)36-25-17-18-27(36)29(30(37)38)34(20-25)32(40)35(23-11-5-3-6-12-23)24-13-7-4-8-14-24/h3-16,21,25,27,29H,2,17-20H2,1H3,(H,37,38)/t25-,27+,29-/m0/s1. The van der Waals surface area contributed by atoms with E-state index in [0.717, 1.165) is 10.9 Å². The molecule has 0 radical (unpaired) electrons. The second-order valence-corrected chi connectivity index (χ2v) is 11.4. The number of carbonyl (C=O) groups is 3. The highest BCUT2D eigenvalue weighted by molar-refractivity contribution is 7.17. The number of carboxylic acids is 1. The van der Waals surface area contributed by atoms with E-state index >= 15 is 0 Å². The number of aliphatic carboxylic acids is 1. The third-order valence-electron chi connectivity index (χ3n) is 8.17. The van der Waals surface area contributed by atoms with E-state index in [1.807, 2.05) is 79.7 Å². The summed E-state index contributed by atoms with van der Waals surface area (Å²) in [7, 11) is 0. The number of thiophene rings is 1. The van der Waals surface area contributed by atoms with Crippen molar-refractivity contribution in [3.63, 3.8) is 0 Å². The minimum absolute atomic E-state index is 0.160. The number of likely N-dealkylation sites (tertiary alicyclic amines) is 1. The number of para-hydroxylation sites is 2. The molecule has 2 saturated heterocycles. The van der Waals surface area contributed by atoms with Crippen LogP contribution in [0.3, 0.4) is 0 Å². The lowest BCUT2D eigenvalue weighted by molar-refractivity contribution is -0.145. The summed E-state index contributed by atoms with van der Waals surface area (Å²) in [5.41, 5.74) is 2.38. The zero-order valence-corrected chi connectivity index (χ0v) is 23.6. The lowest BCUT2D eigenvalue weighted by atomic mass is 10.0. The Morgan fingerprint density at radius 1 is 0.878 bits per heavy atom. The number of piperazine rings is 1. The molecule has 1 aromatic heterocycles. The van der Waals surface area contributed by atoms with Crippen LogP contribution in [-0.2, 0) is 11.3 Å². The number of hydrogen-bond acceptors (Lipinski definition) is 4. The number of anilines is 2. The molecule has 0 spiro atoms. The van der Waals surface area contributed by atoms with E-state index in [1.54, 1.807) is 26.0 Å². The molecule has 4 aromatic rings. The summed E-state index contributed by atoms with van der Waals surface area (Å²) in [5, 5.41) is 13.7. The van der Waals surface area contributed by atoms with Crippen LogP contribution in [0, 0.1) is 0 Å². The van der Waals surface area contributed by atoms with Gasteiger partial charge in [0.2, 0.25) is 0 Å². The van der Waals surface area contributed by atoms with Crippen molar-refractivity contribution in [3.05, 3.63) is 95.9 Å². The van der Waals surface area contributed by atoms with Crippen molar-refractivity contribution in [2.45, 2.75) is 44.4 Å². The van der Waals surface area contributed by atoms with Gasteiger partial charge in [0.1, 0.15) is 0 Å². The van der Waals surface area contributed by atoms with Gasteiger partial charge < -0.3 is 19.8 Å². The molecule has 0 unspecified atom stereocenters. The summed E-state index contributed by atoms with van der Waals surface area (Å²) in [6, 6.07) is 24.1. The minimum Gasteiger partial charge on any atom is -0.480 e. The van der Waals surface area contributed by atoms with E-state index in [1.165, 1.54) is 9.60 Å². The van der Waals surface area contributed by atoms with Gasteiger partial charge in [0.15, 0.2) is 6.04 Å². The molecule has 2 fully saturated rings. The Bertz CT molecular complexity index is 1520. The molecular formula is C32H32N4O4S. The molecule has 0 aliphatic carbocycles. The summed E-state index contributed by atoms with van der Waals surface area (Å²) < 4.78 is 1.17. The second-order valence-electron chi connectivity index (χ2n) is 10.5. The number of amides is 4.